The summed E-state index contributed by atoms with van der Waals surface area (Å²) in [6.45, 7) is 9.98. The highest BCUT2D eigenvalue weighted by Gasteiger charge is 1.99. The number of aromatic nitrogens is 2. The van der Waals surface area contributed by atoms with Crippen LogP contribution in [0.2, 0.25) is 0 Å². The summed E-state index contributed by atoms with van der Waals surface area (Å²) in [5.41, 5.74) is 6.62. The van der Waals surface area contributed by atoms with Gasteiger partial charge in [0, 0.05) is 12.4 Å². The number of carbonyl (C=O) groups excluding carboxylic acids is 1. The largest absolute Gasteiger partial charge is 0.495 e. The highest BCUT2D eigenvalue weighted by molar-refractivity contribution is 5.90. The van der Waals surface area contributed by atoms with Crippen LogP contribution in [0, 0.1) is 18.3 Å². The molecule has 0 aliphatic rings. The van der Waals surface area contributed by atoms with Gasteiger partial charge in [-0.1, -0.05) is 27.7 Å². The zero-order valence-electron chi connectivity index (χ0n) is 15.2. The Labute approximate surface area is 144 Å². The molecule has 2 N–H and O–H groups in total. The van der Waals surface area contributed by atoms with Crippen molar-refractivity contribution in [2.45, 2.75) is 34.6 Å². The molecule has 2 heterocycles. The van der Waals surface area contributed by atoms with E-state index in [1.807, 2.05) is 46.8 Å². The molecular formula is C18H26N4O2. The van der Waals surface area contributed by atoms with Crippen molar-refractivity contribution in [3.63, 3.8) is 0 Å². The average molecular weight is 330 g/mol. The number of primary amides is 1. The number of nitrogens with zero attached hydrogens (tertiary/aromatic N) is 3. The number of rotatable bonds is 2. The molecule has 6 nitrogen and oxygen atoms in total. The highest BCUT2D eigenvalue weighted by atomic mass is 16.5. The van der Waals surface area contributed by atoms with Crippen molar-refractivity contribution >= 4 is 5.91 Å². The van der Waals surface area contributed by atoms with Crippen LogP contribution in [-0.2, 0) is 0 Å². The number of nitrogens with two attached hydrogens (primary N) is 1. The topological polar surface area (TPSA) is 102 Å². The fourth-order valence-electron chi connectivity index (χ4n) is 1.24. The molecule has 0 fully saturated rings. The van der Waals surface area contributed by atoms with Gasteiger partial charge >= 0.3 is 0 Å². The van der Waals surface area contributed by atoms with Crippen LogP contribution in [0.1, 0.15) is 49.3 Å². The molecule has 2 aromatic heterocycles. The highest BCUT2D eigenvalue weighted by Crippen LogP contribution is 2.07. The molecular weight excluding hydrogens is 304 g/mol. The Morgan fingerprint density at radius 2 is 1.79 bits per heavy atom. The zero-order chi connectivity index (χ0) is 19.0. The monoisotopic (exact) mass is 330 g/mol. The zero-order valence-corrected chi connectivity index (χ0v) is 15.2. The number of ether oxygens (including phenoxy) is 1. The van der Waals surface area contributed by atoms with Crippen molar-refractivity contribution < 1.29 is 9.53 Å². The number of nitriles is 1. The summed E-state index contributed by atoms with van der Waals surface area (Å²) in [6, 6.07) is 6.73. The second kappa shape index (κ2) is 15.0. The molecule has 0 saturated carbocycles. The fourth-order valence-corrected chi connectivity index (χ4v) is 1.24. The van der Waals surface area contributed by atoms with Crippen molar-refractivity contribution in [2.75, 3.05) is 7.11 Å². The number of pyridine rings is 2. The first kappa shape index (κ1) is 23.3. The molecule has 0 aromatic carbocycles. The molecule has 6 heteroatoms. The Morgan fingerprint density at radius 3 is 2.12 bits per heavy atom. The van der Waals surface area contributed by atoms with Gasteiger partial charge in [-0.15, -0.1) is 0 Å². The minimum absolute atomic E-state index is 0.170. The number of hydrogen-bond acceptors (Lipinski definition) is 5. The summed E-state index contributed by atoms with van der Waals surface area (Å²) in [6.07, 6.45) is 4.79. The summed E-state index contributed by atoms with van der Waals surface area (Å²) in [5.74, 6) is 0.226. The lowest BCUT2D eigenvalue weighted by Crippen LogP contribution is -2.12. The molecule has 130 valence electrons. The molecule has 2 rings (SSSR count). The number of methoxy groups -OCH3 is 1. The molecule has 24 heavy (non-hydrogen) atoms. The van der Waals surface area contributed by atoms with E-state index in [-0.39, 0.29) is 5.69 Å². The van der Waals surface area contributed by atoms with Gasteiger partial charge in [-0.2, -0.15) is 5.26 Å². The van der Waals surface area contributed by atoms with E-state index < -0.39 is 5.91 Å². The maximum absolute atomic E-state index is 10.5. The van der Waals surface area contributed by atoms with Crippen molar-refractivity contribution in [3.05, 3.63) is 53.6 Å². The molecule has 0 unspecified atom stereocenters. The normalized spacial score (nSPS) is 7.88. The van der Waals surface area contributed by atoms with Crippen LogP contribution in [0.3, 0.4) is 0 Å². The lowest BCUT2D eigenvalue weighted by atomic mass is 10.2. The number of carbonyl (C=O) groups is 1. The smallest absolute Gasteiger partial charge is 0.267 e. The van der Waals surface area contributed by atoms with Crippen LogP contribution in [0.5, 0.6) is 5.75 Å². The quantitative estimate of drug-likeness (QED) is 0.908. The SMILES string of the molecule is CC.CC.COc1cncc(C)c1.N#Cc1ccc(C(N)=O)nc1. The maximum atomic E-state index is 10.5. The molecule has 0 spiro atoms. The van der Waals surface area contributed by atoms with Crippen molar-refractivity contribution in [2.24, 2.45) is 5.73 Å². The van der Waals surface area contributed by atoms with Gasteiger partial charge < -0.3 is 10.5 Å². The fraction of sp³-hybridized carbons (Fsp3) is 0.333. The Kier molecular flexibility index (Phi) is 14.6. The Bertz CT molecular complexity index is 620. The minimum Gasteiger partial charge on any atom is -0.495 e. The second-order valence-corrected chi connectivity index (χ2v) is 3.81. The van der Waals surface area contributed by atoms with Gasteiger partial charge in [-0.3, -0.25) is 9.78 Å². The van der Waals surface area contributed by atoms with Gasteiger partial charge in [0.15, 0.2) is 0 Å². The van der Waals surface area contributed by atoms with E-state index in [0.717, 1.165) is 11.3 Å². The summed E-state index contributed by atoms with van der Waals surface area (Å²) in [7, 11) is 1.64. The van der Waals surface area contributed by atoms with Crippen molar-refractivity contribution in [3.8, 4) is 11.8 Å². The van der Waals surface area contributed by atoms with Crippen LogP contribution in [0.4, 0.5) is 0 Å². The van der Waals surface area contributed by atoms with Crippen molar-refractivity contribution in [1.82, 2.24) is 9.97 Å². The Hall–Kier alpha value is -2.94. The van der Waals surface area contributed by atoms with E-state index in [9.17, 15) is 4.79 Å². The van der Waals surface area contributed by atoms with Gasteiger partial charge in [-0.05, 0) is 30.7 Å². The third kappa shape index (κ3) is 9.90. The molecule has 0 aliphatic carbocycles. The number of hydrogen-bond donors (Lipinski definition) is 1. The Balaban J connectivity index is 0. The number of amides is 1. The molecule has 1 amide bonds. The van der Waals surface area contributed by atoms with E-state index in [4.69, 9.17) is 15.7 Å². The van der Waals surface area contributed by atoms with Gasteiger partial charge in [0.1, 0.15) is 17.5 Å². The average Bonchev–Trinajstić information content (AvgIpc) is 2.65. The van der Waals surface area contributed by atoms with Gasteiger partial charge in [0.05, 0.1) is 18.9 Å². The lowest BCUT2D eigenvalue weighted by molar-refractivity contribution is 0.0995. The summed E-state index contributed by atoms with van der Waals surface area (Å²) >= 11 is 0. The molecule has 2 aromatic rings. The predicted octanol–water partition coefficient (Wildman–Crippen LogP) is 3.50. The van der Waals surface area contributed by atoms with Crippen LogP contribution >= 0.6 is 0 Å². The first-order valence-corrected chi connectivity index (χ1v) is 7.68. The lowest BCUT2D eigenvalue weighted by Gasteiger charge is -1.97. The standard InChI is InChI=1S/C7H5N3O.C7H9NO.2C2H6/c8-3-5-1-2-6(7(9)11)10-4-5;1-6-3-7(9-2)5-8-4-6;2*1-2/h1-2,4H,(H2,9,11);3-5H,1-2H3;2*1-2H3. The minimum atomic E-state index is -0.588. The van der Waals surface area contributed by atoms with E-state index in [2.05, 4.69) is 9.97 Å². The summed E-state index contributed by atoms with van der Waals surface area (Å²) < 4.78 is 4.93. The van der Waals surface area contributed by atoms with E-state index >= 15 is 0 Å². The summed E-state index contributed by atoms with van der Waals surface area (Å²) in [4.78, 5) is 18.1. The maximum Gasteiger partial charge on any atom is 0.267 e. The van der Waals surface area contributed by atoms with Crippen LogP contribution < -0.4 is 10.5 Å². The molecule has 0 radical (unpaired) electrons. The molecule has 0 aliphatic heterocycles. The van der Waals surface area contributed by atoms with Crippen LogP contribution in [0.15, 0.2) is 36.8 Å². The Morgan fingerprint density at radius 1 is 1.17 bits per heavy atom. The molecule has 0 bridgehead atoms. The van der Waals surface area contributed by atoms with Gasteiger partial charge in [-0.25, -0.2) is 4.98 Å². The van der Waals surface area contributed by atoms with E-state index in [0.29, 0.717) is 5.56 Å². The van der Waals surface area contributed by atoms with Crippen molar-refractivity contribution in [1.29, 1.82) is 5.26 Å². The molecule has 0 atom stereocenters. The number of aryl methyl sites for hydroxylation is 1. The van der Waals surface area contributed by atoms with E-state index in [1.54, 1.807) is 19.5 Å². The van der Waals surface area contributed by atoms with Crippen LogP contribution in [0.25, 0.3) is 0 Å². The third-order valence-corrected chi connectivity index (χ3v) is 2.23. The second-order valence-electron chi connectivity index (χ2n) is 3.81. The molecule has 0 saturated heterocycles. The third-order valence-electron chi connectivity index (χ3n) is 2.23. The summed E-state index contributed by atoms with van der Waals surface area (Å²) in [5, 5.41) is 8.36. The predicted molar refractivity (Wildman–Crippen MR) is 95.7 cm³/mol. The van der Waals surface area contributed by atoms with Crippen LogP contribution in [-0.4, -0.2) is 23.0 Å². The van der Waals surface area contributed by atoms with Gasteiger partial charge in [0.2, 0.25) is 0 Å². The first-order valence-electron chi connectivity index (χ1n) is 7.68. The van der Waals surface area contributed by atoms with E-state index in [1.165, 1.54) is 18.3 Å². The first-order chi connectivity index (χ1) is 11.6. The van der Waals surface area contributed by atoms with Gasteiger partial charge in [0.25, 0.3) is 5.91 Å².